The SMILES string of the molecule is C[C@H]1CNCCN1C(=O)c1cc(-c2ccc(Cl)s2)on1.Cl. The Balaban J connectivity index is 0.00000161. The van der Waals surface area contributed by atoms with Gasteiger partial charge in [0.15, 0.2) is 11.5 Å². The molecule has 0 saturated carbocycles. The van der Waals surface area contributed by atoms with Crippen molar-refractivity contribution in [3.05, 3.63) is 28.2 Å². The van der Waals surface area contributed by atoms with E-state index in [2.05, 4.69) is 10.5 Å². The summed E-state index contributed by atoms with van der Waals surface area (Å²) in [6.07, 6.45) is 0. The van der Waals surface area contributed by atoms with Crippen LogP contribution in [0.1, 0.15) is 17.4 Å². The summed E-state index contributed by atoms with van der Waals surface area (Å²) in [6.45, 7) is 4.31. The average molecular weight is 348 g/mol. The van der Waals surface area contributed by atoms with Crippen LogP contribution in [0.3, 0.4) is 0 Å². The number of halogens is 2. The molecule has 0 unspecified atom stereocenters. The Bertz CT molecular complexity index is 628. The summed E-state index contributed by atoms with van der Waals surface area (Å²) in [6, 6.07) is 5.49. The number of piperazine rings is 1. The molecule has 1 N–H and O–H groups in total. The predicted molar refractivity (Wildman–Crippen MR) is 85.4 cm³/mol. The summed E-state index contributed by atoms with van der Waals surface area (Å²) in [4.78, 5) is 15.1. The van der Waals surface area contributed by atoms with E-state index in [9.17, 15) is 4.79 Å². The van der Waals surface area contributed by atoms with E-state index in [4.69, 9.17) is 16.1 Å². The highest BCUT2D eigenvalue weighted by atomic mass is 35.5. The standard InChI is InChI=1S/C13H14ClN3O2S.ClH/c1-8-7-15-4-5-17(8)13(18)9-6-10(19-16-9)11-2-3-12(14)20-11;/h2-3,6,8,15H,4-5,7H2,1H3;1H/t8-;/m0./s1. The summed E-state index contributed by atoms with van der Waals surface area (Å²) in [5.41, 5.74) is 0.346. The Morgan fingerprint density at radius 3 is 3.05 bits per heavy atom. The van der Waals surface area contributed by atoms with Crippen LogP contribution in [-0.4, -0.2) is 41.6 Å². The van der Waals surface area contributed by atoms with Crippen LogP contribution in [0.15, 0.2) is 22.7 Å². The Morgan fingerprint density at radius 2 is 2.38 bits per heavy atom. The van der Waals surface area contributed by atoms with Crippen molar-refractivity contribution in [2.75, 3.05) is 19.6 Å². The minimum absolute atomic E-state index is 0. The Labute approximate surface area is 137 Å². The second-order valence-corrected chi connectivity index (χ2v) is 6.45. The molecule has 8 heteroatoms. The molecule has 21 heavy (non-hydrogen) atoms. The first-order chi connectivity index (χ1) is 9.65. The van der Waals surface area contributed by atoms with Crippen LogP contribution in [0.25, 0.3) is 10.6 Å². The fourth-order valence-corrected chi connectivity index (χ4v) is 3.22. The fraction of sp³-hybridized carbons (Fsp3) is 0.385. The number of rotatable bonds is 2. The molecule has 0 radical (unpaired) electrons. The van der Waals surface area contributed by atoms with Crippen LogP contribution in [-0.2, 0) is 0 Å². The number of aromatic nitrogens is 1. The number of carbonyl (C=O) groups excluding carboxylic acids is 1. The highest BCUT2D eigenvalue weighted by molar-refractivity contribution is 7.19. The van der Waals surface area contributed by atoms with Crippen molar-refractivity contribution >= 4 is 41.3 Å². The highest BCUT2D eigenvalue weighted by Gasteiger charge is 2.26. The van der Waals surface area contributed by atoms with Crippen LogP contribution in [0.5, 0.6) is 0 Å². The zero-order chi connectivity index (χ0) is 14.1. The normalized spacial score (nSPS) is 18.4. The van der Waals surface area contributed by atoms with Crippen LogP contribution in [0.4, 0.5) is 0 Å². The van der Waals surface area contributed by atoms with Crippen molar-refractivity contribution in [1.82, 2.24) is 15.4 Å². The molecule has 1 atom stereocenters. The van der Waals surface area contributed by atoms with Gasteiger partial charge in [0.2, 0.25) is 0 Å². The molecule has 0 spiro atoms. The van der Waals surface area contributed by atoms with Gasteiger partial charge in [-0.15, -0.1) is 23.7 Å². The first-order valence-electron chi connectivity index (χ1n) is 6.39. The van der Waals surface area contributed by atoms with Crippen molar-refractivity contribution in [2.45, 2.75) is 13.0 Å². The molecular weight excluding hydrogens is 333 g/mol. The number of hydrogen-bond acceptors (Lipinski definition) is 5. The quantitative estimate of drug-likeness (QED) is 0.907. The maximum Gasteiger partial charge on any atom is 0.276 e. The van der Waals surface area contributed by atoms with Gasteiger partial charge in [0.1, 0.15) is 0 Å². The predicted octanol–water partition coefficient (Wildman–Crippen LogP) is 2.91. The van der Waals surface area contributed by atoms with E-state index in [-0.39, 0.29) is 24.4 Å². The Hall–Kier alpha value is -1.08. The number of carbonyl (C=O) groups is 1. The molecule has 0 aromatic carbocycles. The van der Waals surface area contributed by atoms with E-state index >= 15 is 0 Å². The van der Waals surface area contributed by atoms with Gasteiger partial charge in [0, 0.05) is 31.7 Å². The van der Waals surface area contributed by atoms with Gasteiger partial charge < -0.3 is 14.7 Å². The Morgan fingerprint density at radius 1 is 1.57 bits per heavy atom. The van der Waals surface area contributed by atoms with Gasteiger partial charge in [-0.2, -0.15) is 0 Å². The third-order valence-corrected chi connectivity index (χ3v) is 4.55. The van der Waals surface area contributed by atoms with E-state index in [0.717, 1.165) is 18.0 Å². The maximum absolute atomic E-state index is 12.4. The van der Waals surface area contributed by atoms with E-state index in [1.165, 1.54) is 11.3 Å². The van der Waals surface area contributed by atoms with Crippen molar-refractivity contribution in [2.24, 2.45) is 0 Å². The molecule has 0 aliphatic carbocycles. The monoisotopic (exact) mass is 347 g/mol. The van der Waals surface area contributed by atoms with Crippen LogP contribution >= 0.6 is 35.3 Å². The number of nitrogens with one attached hydrogen (secondary N) is 1. The van der Waals surface area contributed by atoms with E-state index in [1.807, 2.05) is 17.9 Å². The third-order valence-electron chi connectivity index (χ3n) is 3.31. The molecule has 114 valence electrons. The van der Waals surface area contributed by atoms with Gasteiger partial charge in [-0.05, 0) is 19.1 Å². The van der Waals surface area contributed by atoms with Crippen molar-refractivity contribution < 1.29 is 9.32 Å². The lowest BCUT2D eigenvalue weighted by atomic mass is 10.2. The molecule has 0 bridgehead atoms. The maximum atomic E-state index is 12.4. The van der Waals surface area contributed by atoms with Crippen molar-refractivity contribution in [3.8, 4) is 10.6 Å². The van der Waals surface area contributed by atoms with E-state index in [0.29, 0.717) is 22.3 Å². The molecule has 1 amide bonds. The van der Waals surface area contributed by atoms with E-state index < -0.39 is 0 Å². The molecule has 2 aromatic heterocycles. The second kappa shape index (κ2) is 6.79. The topological polar surface area (TPSA) is 58.4 Å². The molecular formula is C13H15Cl2N3O2S. The minimum atomic E-state index is -0.0864. The molecule has 1 fully saturated rings. The zero-order valence-electron chi connectivity index (χ0n) is 11.3. The van der Waals surface area contributed by atoms with Gasteiger partial charge >= 0.3 is 0 Å². The van der Waals surface area contributed by atoms with Gasteiger partial charge in [-0.3, -0.25) is 4.79 Å². The number of hydrogen-bond donors (Lipinski definition) is 1. The van der Waals surface area contributed by atoms with Crippen molar-refractivity contribution in [1.29, 1.82) is 0 Å². The van der Waals surface area contributed by atoms with Gasteiger partial charge in [0.05, 0.1) is 9.21 Å². The molecule has 1 aliphatic heterocycles. The summed E-state index contributed by atoms with van der Waals surface area (Å²) >= 11 is 7.29. The zero-order valence-corrected chi connectivity index (χ0v) is 13.7. The highest BCUT2D eigenvalue weighted by Crippen LogP contribution is 2.31. The smallest absolute Gasteiger partial charge is 0.276 e. The van der Waals surface area contributed by atoms with Gasteiger partial charge in [0.25, 0.3) is 5.91 Å². The summed E-state index contributed by atoms with van der Waals surface area (Å²) < 4.78 is 5.93. The van der Waals surface area contributed by atoms with Crippen LogP contribution < -0.4 is 5.32 Å². The lowest BCUT2D eigenvalue weighted by Crippen LogP contribution is -2.52. The van der Waals surface area contributed by atoms with Crippen LogP contribution in [0, 0.1) is 0 Å². The van der Waals surface area contributed by atoms with E-state index in [1.54, 1.807) is 12.1 Å². The number of amides is 1. The largest absolute Gasteiger partial charge is 0.355 e. The fourth-order valence-electron chi connectivity index (χ4n) is 2.23. The summed E-state index contributed by atoms with van der Waals surface area (Å²) in [7, 11) is 0. The number of nitrogens with zero attached hydrogens (tertiary/aromatic N) is 2. The first kappa shape index (κ1) is 16.3. The van der Waals surface area contributed by atoms with Gasteiger partial charge in [-0.25, -0.2) is 0 Å². The molecule has 1 saturated heterocycles. The summed E-state index contributed by atoms with van der Waals surface area (Å²) in [5.74, 6) is 0.490. The van der Waals surface area contributed by atoms with Gasteiger partial charge in [-0.1, -0.05) is 16.8 Å². The molecule has 3 rings (SSSR count). The lowest BCUT2D eigenvalue weighted by molar-refractivity contribution is 0.0645. The van der Waals surface area contributed by atoms with Crippen LogP contribution in [0.2, 0.25) is 4.34 Å². The summed E-state index contributed by atoms with van der Waals surface area (Å²) in [5, 5.41) is 7.14. The molecule has 1 aliphatic rings. The first-order valence-corrected chi connectivity index (χ1v) is 7.58. The minimum Gasteiger partial charge on any atom is -0.355 e. The average Bonchev–Trinajstić information content (AvgIpc) is 3.07. The second-order valence-electron chi connectivity index (χ2n) is 4.73. The lowest BCUT2D eigenvalue weighted by Gasteiger charge is -2.33. The molecule has 2 aromatic rings. The molecule has 3 heterocycles. The third kappa shape index (κ3) is 3.40. The number of thiophene rings is 1. The molecule has 5 nitrogen and oxygen atoms in total. The Kier molecular flexibility index (Phi) is 5.27. The van der Waals surface area contributed by atoms with Crippen molar-refractivity contribution in [3.63, 3.8) is 0 Å².